The second-order valence-corrected chi connectivity index (χ2v) is 6.05. The number of esters is 1. The quantitative estimate of drug-likeness (QED) is 0.257. The maximum absolute atomic E-state index is 12.6. The van der Waals surface area contributed by atoms with Gasteiger partial charge in [0, 0.05) is 12.1 Å². The summed E-state index contributed by atoms with van der Waals surface area (Å²) in [6.45, 7) is 1.36. The molecular weight excluding hydrogens is 372 g/mol. The van der Waals surface area contributed by atoms with Crippen LogP contribution in [0.15, 0.2) is 36.4 Å². The molecule has 1 atom stereocenters. The lowest BCUT2D eigenvalue weighted by atomic mass is 10.1. The molecule has 2 heterocycles. The Kier molecular flexibility index (Phi) is 3.95. The second-order valence-electron chi connectivity index (χ2n) is 6.05. The van der Waals surface area contributed by atoms with Crippen LogP contribution < -0.4 is 14.2 Å². The van der Waals surface area contributed by atoms with Crippen LogP contribution in [0.2, 0.25) is 0 Å². The summed E-state index contributed by atoms with van der Waals surface area (Å²) in [5.41, 5.74) is -0.947. The van der Waals surface area contributed by atoms with Crippen LogP contribution in [-0.2, 0) is 4.79 Å². The van der Waals surface area contributed by atoms with E-state index in [1.807, 2.05) is 0 Å². The van der Waals surface area contributed by atoms with Crippen LogP contribution in [0.1, 0.15) is 27.6 Å². The fourth-order valence-corrected chi connectivity index (χ4v) is 3.04. The molecule has 28 heavy (non-hydrogen) atoms. The van der Waals surface area contributed by atoms with Crippen molar-refractivity contribution < 1.29 is 33.5 Å². The number of fused-ring (bicyclic) bond motifs is 2. The van der Waals surface area contributed by atoms with Crippen molar-refractivity contribution in [1.29, 1.82) is 0 Å². The van der Waals surface area contributed by atoms with E-state index in [4.69, 9.17) is 14.2 Å². The van der Waals surface area contributed by atoms with E-state index < -0.39 is 34.4 Å². The molecule has 2 amide bonds. The summed E-state index contributed by atoms with van der Waals surface area (Å²) < 4.78 is 15.6. The Labute approximate surface area is 157 Å². The first kappa shape index (κ1) is 17.5. The molecule has 2 aliphatic heterocycles. The van der Waals surface area contributed by atoms with Crippen LogP contribution in [-0.4, -0.2) is 40.4 Å². The van der Waals surface area contributed by atoms with E-state index in [2.05, 4.69) is 0 Å². The molecule has 0 bridgehead atoms. The summed E-state index contributed by atoms with van der Waals surface area (Å²) in [4.78, 5) is 48.8. The highest BCUT2D eigenvalue weighted by atomic mass is 16.7. The number of ether oxygens (including phenoxy) is 3. The van der Waals surface area contributed by atoms with Crippen molar-refractivity contribution in [3.63, 3.8) is 0 Å². The summed E-state index contributed by atoms with van der Waals surface area (Å²) in [5.74, 6) is -1.55. The van der Waals surface area contributed by atoms with E-state index in [0.29, 0.717) is 16.4 Å². The lowest BCUT2D eigenvalue weighted by Crippen LogP contribution is -2.44. The SMILES string of the molecule is C[C@H](C(=O)Oc1ccc2c(c1)OCO2)N1C(=O)c2cccc([N+](=O)[O-])c2C1=O. The molecule has 10 nitrogen and oxygen atoms in total. The summed E-state index contributed by atoms with van der Waals surface area (Å²) in [7, 11) is 0. The number of rotatable bonds is 4. The Morgan fingerprint density at radius 3 is 2.68 bits per heavy atom. The maximum atomic E-state index is 12.6. The van der Waals surface area contributed by atoms with Gasteiger partial charge in [-0.2, -0.15) is 0 Å². The number of hydrogen-bond acceptors (Lipinski definition) is 8. The molecule has 0 aromatic heterocycles. The van der Waals surface area contributed by atoms with Crippen molar-refractivity contribution >= 4 is 23.5 Å². The minimum Gasteiger partial charge on any atom is -0.454 e. The van der Waals surface area contributed by atoms with Gasteiger partial charge in [0.2, 0.25) is 6.79 Å². The highest BCUT2D eigenvalue weighted by Gasteiger charge is 2.45. The molecule has 0 spiro atoms. The van der Waals surface area contributed by atoms with Crippen LogP contribution in [0.5, 0.6) is 17.2 Å². The van der Waals surface area contributed by atoms with E-state index in [0.717, 1.165) is 6.07 Å². The number of amides is 2. The zero-order valence-electron chi connectivity index (χ0n) is 14.4. The number of carbonyl (C=O) groups is 3. The largest absolute Gasteiger partial charge is 0.454 e. The van der Waals surface area contributed by atoms with Gasteiger partial charge in [0.05, 0.1) is 10.5 Å². The molecule has 0 radical (unpaired) electrons. The van der Waals surface area contributed by atoms with Crippen molar-refractivity contribution in [3.8, 4) is 17.2 Å². The molecule has 0 saturated heterocycles. The molecule has 142 valence electrons. The first-order chi connectivity index (χ1) is 13.4. The second kappa shape index (κ2) is 6.34. The molecule has 2 aromatic carbocycles. The normalized spacial score (nSPS) is 15.4. The van der Waals surface area contributed by atoms with Gasteiger partial charge >= 0.3 is 5.97 Å². The van der Waals surface area contributed by atoms with Crippen molar-refractivity contribution in [2.24, 2.45) is 0 Å². The summed E-state index contributed by atoms with van der Waals surface area (Å²) in [6, 6.07) is 6.92. The third kappa shape index (κ3) is 2.62. The lowest BCUT2D eigenvalue weighted by Gasteiger charge is -2.20. The third-order valence-corrected chi connectivity index (χ3v) is 4.41. The predicted octanol–water partition coefficient (Wildman–Crippen LogP) is 1.91. The Morgan fingerprint density at radius 1 is 1.18 bits per heavy atom. The Balaban J connectivity index is 1.58. The van der Waals surface area contributed by atoms with Gasteiger partial charge in [-0.25, -0.2) is 4.79 Å². The number of imide groups is 1. The Bertz CT molecular complexity index is 1050. The summed E-state index contributed by atoms with van der Waals surface area (Å²) in [6.07, 6.45) is 0. The van der Waals surface area contributed by atoms with Crippen molar-refractivity contribution in [3.05, 3.63) is 57.6 Å². The highest BCUT2D eigenvalue weighted by molar-refractivity contribution is 6.24. The molecule has 2 aromatic rings. The molecule has 0 unspecified atom stereocenters. The van der Waals surface area contributed by atoms with Crippen molar-refractivity contribution in [2.75, 3.05) is 6.79 Å². The van der Waals surface area contributed by atoms with E-state index >= 15 is 0 Å². The van der Waals surface area contributed by atoms with E-state index in [1.54, 1.807) is 6.07 Å². The molecular formula is C18H12N2O8. The molecule has 0 N–H and O–H groups in total. The number of nitro groups is 1. The first-order valence-electron chi connectivity index (χ1n) is 8.15. The number of carbonyl (C=O) groups excluding carboxylic acids is 3. The molecule has 0 saturated carbocycles. The van der Waals surface area contributed by atoms with Crippen molar-refractivity contribution in [2.45, 2.75) is 13.0 Å². The fourth-order valence-electron chi connectivity index (χ4n) is 3.04. The molecule has 0 aliphatic carbocycles. The molecule has 0 fully saturated rings. The third-order valence-electron chi connectivity index (χ3n) is 4.41. The highest BCUT2D eigenvalue weighted by Crippen LogP contribution is 2.36. The van der Waals surface area contributed by atoms with Crippen LogP contribution in [0, 0.1) is 10.1 Å². The number of hydrogen-bond donors (Lipinski definition) is 0. The Morgan fingerprint density at radius 2 is 1.93 bits per heavy atom. The first-order valence-corrected chi connectivity index (χ1v) is 8.15. The van der Waals surface area contributed by atoms with Gasteiger partial charge in [-0.1, -0.05) is 6.07 Å². The average Bonchev–Trinajstić information content (AvgIpc) is 3.23. The minimum absolute atomic E-state index is 0.0525. The van der Waals surface area contributed by atoms with E-state index in [9.17, 15) is 24.5 Å². The summed E-state index contributed by atoms with van der Waals surface area (Å²) >= 11 is 0. The van der Waals surface area contributed by atoms with Crippen LogP contribution in [0.4, 0.5) is 5.69 Å². The number of nitro benzene ring substituents is 1. The lowest BCUT2D eigenvalue weighted by molar-refractivity contribution is -0.385. The van der Waals surface area contributed by atoms with E-state index in [-0.39, 0.29) is 23.7 Å². The van der Waals surface area contributed by atoms with Crippen molar-refractivity contribution in [1.82, 2.24) is 4.90 Å². The van der Waals surface area contributed by atoms with Crippen LogP contribution in [0.3, 0.4) is 0 Å². The zero-order valence-corrected chi connectivity index (χ0v) is 14.4. The van der Waals surface area contributed by atoms with Gasteiger partial charge < -0.3 is 14.2 Å². The standard InChI is InChI=1S/C18H12N2O8/c1-9(18(23)28-10-5-6-13-14(7-10)27-8-26-13)19-16(21)11-3-2-4-12(20(24)25)15(11)17(19)22/h2-7,9H,8H2,1H3/t9-/m1/s1. The van der Waals surface area contributed by atoms with E-state index in [1.165, 1.54) is 31.2 Å². The topological polar surface area (TPSA) is 125 Å². The zero-order chi connectivity index (χ0) is 20.0. The monoisotopic (exact) mass is 384 g/mol. The van der Waals surface area contributed by atoms with Gasteiger partial charge in [-0.15, -0.1) is 0 Å². The molecule has 2 aliphatic rings. The van der Waals surface area contributed by atoms with Crippen LogP contribution >= 0.6 is 0 Å². The fraction of sp³-hybridized carbons (Fsp3) is 0.167. The predicted molar refractivity (Wildman–Crippen MR) is 91.3 cm³/mol. The van der Waals surface area contributed by atoms with Crippen LogP contribution in [0.25, 0.3) is 0 Å². The van der Waals surface area contributed by atoms with Gasteiger partial charge in [-0.05, 0) is 25.1 Å². The molecule has 4 rings (SSSR count). The average molecular weight is 384 g/mol. The van der Waals surface area contributed by atoms with Gasteiger partial charge in [-0.3, -0.25) is 24.6 Å². The Hall–Kier alpha value is -3.95. The maximum Gasteiger partial charge on any atom is 0.334 e. The minimum atomic E-state index is -1.29. The molecule has 10 heteroatoms. The summed E-state index contributed by atoms with van der Waals surface area (Å²) in [5, 5.41) is 11.2. The van der Waals surface area contributed by atoms with Gasteiger partial charge in [0.25, 0.3) is 17.5 Å². The van der Waals surface area contributed by atoms with Gasteiger partial charge in [0.15, 0.2) is 11.5 Å². The van der Waals surface area contributed by atoms with Gasteiger partial charge in [0.1, 0.15) is 17.4 Å². The smallest absolute Gasteiger partial charge is 0.334 e. The number of nitrogens with zero attached hydrogens (tertiary/aromatic N) is 2. The number of benzene rings is 2.